The Labute approximate surface area is 169 Å². The molecule has 4 rings (SSSR count). The van der Waals surface area contributed by atoms with Gasteiger partial charge >= 0.3 is 5.69 Å². The number of carbonyl (C=O) groups excluding carboxylic acids is 2. The van der Waals surface area contributed by atoms with Crippen molar-refractivity contribution in [2.45, 2.75) is 12.5 Å². The van der Waals surface area contributed by atoms with Crippen LogP contribution in [0.25, 0.3) is 11.0 Å². The Bertz CT molecular complexity index is 1200. The molecule has 4 aromatic rings. The minimum absolute atomic E-state index is 0.290. The molecule has 0 saturated carbocycles. The van der Waals surface area contributed by atoms with Gasteiger partial charge in [-0.2, -0.15) is 0 Å². The number of imidazole rings is 1. The second kappa shape index (κ2) is 8.15. The third-order valence-corrected chi connectivity index (χ3v) is 5.30. The van der Waals surface area contributed by atoms with E-state index in [0.29, 0.717) is 28.0 Å². The zero-order chi connectivity index (χ0) is 20.2. The molecule has 1 atom stereocenters. The topological polar surface area (TPSA) is 107 Å². The summed E-state index contributed by atoms with van der Waals surface area (Å²) in [5.41, 5.74) is 2.40. The molecular formula is C21H18N4O3S. The van der Waals surface area contributed by atoms with Crippen LogP contribution in [0.4, 0.5) is 5.69 Å². The number of H-pyrrole nitrogens is 2. The fourth-order valence-electron chi connectivity index (χ4n) is 3.04. The average Bonchev–Trinajstić information content (AvgIpc) is 3.37. The van der Waals surface area contributed by atoms with Gasteiger partial charge in [0.15, 0.2) is 0 Å². The number of anilines is 1. The number of amides is 2. The molecule has 29 heavy (non-hydrogen) atoms. The van der Waals surface area contributed by atoms with Crippen molar-refractivity contribution < 1.29 is 9.59 Å². The number of hydrogen-bond donors (Lipinski definition) is 4. The minimum atomic E-state index is -0.757. The first-order chi connectivity index (χ1) is 14.1. The molecule has 8 heteroatoms. The van der Waals surface area contributed by atoms with E-state index in [-0.39, 0.29) is 17.5 Å². The number of nitrogens with one attached hydrogen (secondary N) is 4. The first-order valence-corrected chi connectivity index (χ1v) is 9.88. The van der Waals surface area contributed by atoms with Gasteiger partial charge in [-0.25, -0.2) is 4.79 Å². The molecule has 0 bridgehead atoms. The lowest BCUT2D eigenvalue weighted by Gasteiger charge is -2.18. The fraction of sp³-hybridized carbons (Fsp3) is 0.0952. The molecule has 0 fully saturated rings. The van der Waals surface area contributed by atoms with E-state index in [1.54, 1.807) is 30.3 Å². The Morgan fingerprint density at radius 2 is 1.76 bits per heavy atom. The Balaban J connectivity index is 1.55. The van der Waals surface area contributed by atoms with Crippen molar-refractivity contribution >= 4 is 39.9 Å². The number of aromatic amines is 2. The van der Waals surface area contributed by atoms with Crippen LogP contribution in [0.5, 0.6) is 0 Å². The zero-order valence-corrected chi connectivity index (χ0v) is 16.1. The molecule has 2 aromatic carbocycles. The van der Waals surface area contributed by atoms with Gasteiger partial charge < -0.3 is 20.6 Å². The third kappa shape index (κ3) is 4.44. The fourth-order valence-corrected chi connectivity index (χ4v) is 3.66. The summed E-state index contributed by atoms with van der Waals surface area (Å²) in [6, 6.07) is 17.3. The van der Waals surface area contributed by atoms with Crippen LogP contribution in [0, 0.1) is 0 Å². The molecule has 0 spiro atoms. The van der Waals surface area contributed by atoms with Crippen LogP contribution in [0.2, 0.25) is 0 Å². The highest BCUT2D eigenvalue weighted by molar-refractivity contribution is 7.12. The molecular weight excluding hydrogens is 388 g/mol. The maximum atomic E-state index is 13.0. The van der Waals surface area contributed by atoms with E-state index in [0.717, 1.165) is 5.56 Å². The standard InChI is InChI=1S/C21H18N4O3S/c26-19(22-14-8-9-15-16(12-14)25-21(28)24-15)17(11-13-5-2-1-3-6-13)23-20(27)18-7-4-10-29-18/h1-10,12,17H,11H2,(H,22,26)(H,23,27)(H2,24,25,28). The van der Waals surface area contributed by atoms with Gasteiger partial charge in [0.2, 0.25) is 5.91 Å². The van der Waals surface area contributed by atoms with Gasteiger partial charge in [0.1, 0.15) is 6.04 Å². The second-order valence-electron chi connectivity index (χ2n) is 6.52. The quantitative estimate of drug-likeness (QED) is 0.395. The van der Waals surface area contributed by atoms with Gasteiger partial charge in [-0.05, 0) is 35.2 Å². The summed E-state index contributed by atoms with van der Waals surface area (Å²) in [7, 11) is 0. The van der Waals surface area contributed by atoms with Gasteiger partial charge in [0, 0.05) is 12.1 Å². The van der Waals surface area contributed by atoms with Crippen molar-refractivity contribution in [1.29, 1.82) is 0 Å². The van der Waals surface area contributed by atoms with E-state index in [4.69, 9.17) is 0 Å². The van der Waals surface area contributed by atoms with E-state index in [1.165, 1.54) is 11.3 Å². The molecule has 0 aliphatic heterocycles. The molecule has 0 aliphatic rings. The molecule has 0 radical (unpaired) electrons. The summed E-state index contributed by atoms with van der Waals surface area (Å²) in [6.45, 7) is 0. The molecule has 7 nitrogen and oxygen atoms in total. The van der Waals surface area contributed by atoms with Crippen LogP contribution in [-0.2, 0) is 11.2 Å². The number of benzene rings is 2. The highest BCUT2D eigenvalue weighted by atomic mass is 32.1. The Kier molecular flexibility index (Phi) is 5.26. The highest BCUT2D eigenvalue weighted by Gasteiger charge is 2.22. The molecule has 2 aromatic heterocycles. The molecule has 4 N–H and O–H groups in total. The first kappa shape index (κ1) is 18.7. The van der Waals surface area contributed by atoms with E-state index in [9.17, 15) is 14.4 Å². The summed E-state index contributed by atoms with van der Waals surface area (Å²) >= 11 is 1.32. The number of hydrogen-bond acceptors (Lipinski definition) is 4. The molecule has 2 heterocycles. The van der Waals surface area contributed by atoms with Crippen molar-refractivity contribution in [3.05, 3.63) is 87.0 Å². The Morgan fingerprint density at radius 1 is 0.966 bits per heavy atom. The molecule has 0 aliphatic carbocycles. The molecule has 0 saturated heterocycles. The maximum Gasteiger partial charge on any atom is 0.323 e. The predicted octanol–water partition coefficient (Wildman–Crippen LogP) is 2.90. The smallest absolute Gasteiger partial charge is 0.323 e. The lowest BCUT2D eigenvalue weighted by molar-refractivity contribution is -0.118. The van der Waals surface area contributed by atoms with E-state index in [2.05, 4.69) is 20.6 Å². The number of carbonyl (C=O) groups is 2. The summed E-state index contributed by atoms with van der Waals surface area (Å²) in [5.74, 6) is -0.627. The normalized spacial score (nSPS) is 11.9. The van der Waals surface area contributed by atoms with Crippen molar-refractivity contribution in [2.75, 3.05) is 5.32 Å². The zero-order valence-electron chi connectivity index (χ0n) is 15.3. The molecule has 1 unspecified atom stereocenters. The highest BCUT2D eigenvalue weighted by Crippen LogP contribution is 2.16. The van der Waals surface area contributed by atoms with Gasteiger partial charge in [0.05, 0.1) is 15.9 Å². The van der Waals surface area contributed by atoms with E-state index < -0.39 is 6.04 Å². The largest absolute Gasteiger partial charge is 0.339 e. The summed E-state index contributed by atoms with van der Waals surface area (Å²) in [4.78, 5) is 42.8. The Morgan fingerprint density at radius 3 is 2.52 bits per heavy atom. The van der Waals surface area contributed by atoms with Gasteiger partial charge in [-0.15, -0.1) is 11.3 Å². The Hall–Kier alpha value is -3.65. The number of thiophene rings is 1. The lowest BCUT2D eigenvalue weighted by Crippen LogP contribution is -2.45. The van der Waals surface area contributed by atoms with Crippen molar-refractivity contribution in [3.63, 3.8) is 0 Å². The van der Waals surface area contributed by atoms with Gasteiger partial charge in [-0.1, -0.05) is 36.4 Å². The number of aromatic nitrogens is 2. The van der Waals surface area contributed by atoms with Crippen LogP contribution in [0.1, 0.15) is 15.2 Å². The van der Waals surface area contributed by atoms with Crippen LogP contribution < -0.4 is 16.3 Å². The maximum absolute atomic E-state index is 13.0. The van der Waals surface area contributed by atoms with Gasteiger partial charge in [0.25, 0.3) is 5.91 Å². The van der Waals surface area contributed by atoms with Crippen molar-refractivity contribution in [3.8, 4) is 0 Å². The van der Waals surface area contributed by atoms with Crippen LogP contribution in [-0.4, -0.2) is 27.8 Å². The summed E-state index contributed by atoms with van der Waals surface area (Å²) < 4.78 is 0. The molecule has 2 amide bonds. The van der Waals surface area contributed by atoms with Gasteiger partial charge in [-0.3, -0.25) is 9.59 Å². The van der Waals surface area contributed by atoms with E-state index in [1.807, 2.05) is 35.7 Å². The molecule has 146 valence electrons. The van der Waals surface area contributed by atoms with Crippen molar-refractivity contribution in [1.82, 2.24) is 15.3 Å². The predicted molar refractivity (Wildman–Crippen MR) is 113 cm³/mol. The summed E-state index contributed by atoms with van der Waals surface area (Å²) in [5, 5.41) is 7.47. The summed E-state index contributed by atoms with van der Waals surface area (Å²) in [6.07, 6.45) is 0.354. The SMILES string of the molecule is O=C(NC(Cc1ccccc1)C(=O)Nc1ccc2[nH]c(=O)[nH]c2c1)c1cccs1. The minimum Gasteiger partial charge on any atom is -0.339 e. The lowest BCUT2D eigenvalue weighted by atomic mass is 10.0. The van der Waals surface area contributed by atoms with Crippen LogP contribution >= 0.6 is 11.3 Å². The second-order valence-corrected chi connectivity index (χ2v) is 7.47. The third-order valence-electron chi connectivity index (χ3n) is 4.43. The van der Waals surface area contributed by atoms with Crippen molar-refractivity contribution in [2.24, 2.45) is 0 Å². The number of fused-ring (bicyclic) bond motifs is 1. The monoisotopic (exact) mass is 406 g/mol. The average molecular weight is 406 g/mol. The van der Waals surface area contributed by atoms with Crippen LogP contribution in [0.3, 0.4) is 0 Å². The van der Waals surface area contributed by atoms with Crippen LogP contribution in [0.15, 0.2) is 70.8 Å². The number of rotatable bonds is 6. The van der Waals surface area contributed by atoms with E-state index >= 15 is 0 Å². The first-order valence-electron chi connectivity index (χ1n) is 9.00.